The highest BCUT2D eigenvalue weighted by Gasteiger charge is 2.24. The second-order valence-electron chi connectivity index (χ2n) is 6.75. The number of halogens is 1. The van der Waals surface area contributed by atoms with Crippen LogP contribution in [0, 0.1) is 0 Å². The molecule has 1 aromatic heterocycles. The predicted octanol–water partition coefficient (Wildman–Crippen LogP) is 3.37. The zero-order valence-electron chi connectivity index (χ0n) is 15.2. The van der Waals surface area contributed by atoms with Crippen molar-refractivity contribution in [2.24, 2.45) is 0 Å². The van der Waals surface area contributed by atoms with Crippen LogP contribution in [0.15, 0.2) is 48.5 Å². The lowest BCUT2D eigenvalue weighted by atomic mass is 10.1. The first-order valence-corrected chi connectivity index (χ1v) is 9.62. The Morgan fingerprint density at radius 2 is 1.96 bits per heavy atom. The van der Waals surface area contributed by atoms with Crippen molar-refractivity contribution in [2.75, 3.05) is 6.61 Å². The Bertz CT molecular complexity index is 1010. The molecule has 2 heterocycles. The average Bonchev–Trinajstić information content (AvgIpc) is 3.35. The van der Waals surface area contributed by atoms with E-state index in [4.69, 9.17) is 16.3 Å². The van der Waals surface area contributed by atoms with E-state index in [-0.39, 0.29) is 24.8 Å². The number of benzene rings is 2. The number of nitrogens with zero attached hydrogens (tertiary/aromatic N) is 2. The van der Waals surface area contributed by atoms with Gasteiger partial charge in [-0.3, -0.25) is 9.59 Å². The van der Waals surface area contributed by atoms with Crippen LogP contribution in [-0.4, -0.2) is 34.0 Å². The second-order valence-corrected chi connectivity index (χ2v) is 7.19. The molecule has 0 spiro atoms. The first-order chi connectivity index (χ1) is 13.6. The highest BCUT2D eigenvalue weighted by atomic mass is 35.5. The fraction of sp³-hybridized carbons (Fsp3) is 0.286. The number of amides is 1. The molecular formula is C21H20ClN3O3. The summed E-state index contributed by atoms with van der Waals surface area (Å²) in [6.07, 6.45) is 1.23. The van der Waals surface area contributed by atoms with E-state index in [1.54, 1.807) is 24.3 Å². The number of Topliss-reactive ketones (excluding diaryl/α,β-unsaturated/α-hetero) is 1. The average molecular weight is 398 g/mol. The highest BCUT2D eigenvalue weighted by molar-refractivity contribution is 6.30. The fourth-order valence-electron chi connectivity index (χ4n) is 3.37. The number of hydrogen-bond donors (Lipinski definition) is 1. The predicted molar refractivity (Wildman–Crippen MR) is 106 cm³/mol. The van der Waals surface area contributed by atoms with Crippen LogP contribution >= 0.6 is 11.6 Å². The molecule has 1 unspecified atom stereocenters. The number of rotatable bonds is 6. The Hall–Kier alpha value is -2.70. The summed E-state index contributed by atoms with van der Waals surface area (Å²) >= 11 is 5.91. The van der Waals surface area contributed by atoms with E-state index in [9.17, 15) is 9.59 Å². The number of carbonyl (C=O) groups is 2. The number of hydrogen-bond acceptors (Lipinski definition) is 4. The van der Waals surface area contributed by atoms with Crippen molar-refractivity contribution in [3.05, 3.63) is 64.9 Å². The lowest BCUT2D eigenvalue weighted by Gasteiger charge is -2.12. The van der Waals surface area contributed by atoms with Gasteiger partial charge in [-0.25, -0.2) is 4.98 Å². The molecule has 6 nitrogen and oxygen atoms in total. The van der Waals surface area contributed by atoms with Crippen LogP contribution < -0.4 is 5.32 Å². The topological polar surface area (TPSA) is 73.2 Å². The summed E-state index contributed by atoms with van der Waals surface area (Å²) in [6.45, 7) is 0.987. The summed E-state index contributed by atoms with van der Waals surface area (Å²) in [7, 11) is 0. The summed E-state index contributed by atoms with van der Waals surface area (Å²) in [6, 6.07) is 14.4. The van der Waals surface area contributed by atoms with Crippen molar-refractivity contribution in [1.82, 2.24) is 14.9 Å². The van der Waals surface area contributed by atoms with Gasteiger partial charge in [0.15, 0.2) is 5.78 Å². The minimum absolute atomic E-state index is 0.0495. The van der Waals surface area contributed by atoms with Gasteiger partial charge < -0.3 is 14.6 Å². The molecule has 28 heavy (non-hydrogen) atoms. The standard InChI is InChI=1S/C21H20ClN3O3/c22-15-9-7-14(8-10-15)18(26)13-25-17-5-2-1-4-16(17)24-20(25)12-23-21(27)19-6-3-11-28-19/h1-2,4-5,7-10,19H,3,6,11-13H2,(H,23,27). The molecule has 144 valence electrons. The molecule has 4 rings (SSSR count). The molecule has 3 aromatic rings. The Balaban J connectivity index is 1.57. The van der Waals surface area contributed by atoms with Crippen LogP contribution in [0.1, 0.15) is 29.0 Å². The fourth-order valence-corrected chi connectivity index (χ4v) is 3.50. The lowest BCUT2D eigenvalue weighted by molar-refractivity contribution is -0.130. The molecule has 1 N–H and O–H groups in total. The lowest BCUT2D eigenvalue weighted by Crippen LogP contribution is -2.34. The van der Waals surface area contributed by atoms with Crippen LogP contribution in [0.5, 0.6) is 0 Å². The third-order valence-corrected chi connectivity index (χ3v) is 5.10. The maximum absolute atomic E-state index is 12.8. The van der Waals surface area contributed by atoms with Gasteiger partial charge in [-0.05, 0) is 49.2 Å². The Morgan fingerprint density at radius 3 is 2.71 bits per heavy atom. The number of fused-ring (bicyclic) bond motifs is 1. The molecule has 0 aliphatic carbocycles. The van der Waals surface area contributed by atoms with Crippen LogP contribution in [0.25, 0.3) is 11.0 Å². The number of carbonyl (C=O) groups excluding carboxylic acids is 2. The first-order valence-electron chi connectivity index (χ1n) is 9.24. The van der Waals surface area contributed by atoms with Gasteiger partial charge in [0.1, 0.15) is 11.9 Å². The van der Waals surface area contributed by atoms with Gasteiger partial charge in [0.05, 0.1) is 24.1 Å². The second kappa shape index (κ2) is 8.12. The summed E-state index contributed by atoms with van der Waals surface area (Å²) in [5, 5.41) is 3.47. The molecule has 7 heteroatoms. The van der Waals surface area contributed by atoms with Gasteiger partial charge in [-0.1, -0.05) is 23.7 Å². The van der Waals surface area contributed by atoms with E-state index in [2.05, 4.69) is 10.3 Å². The molecule has 2 aromatic carbocycles. The van der Waals surface area contributed by atoms with E-state index < -0.39 is 6.10 Å². The number of ketones is 1. The van der Waals surface area contributed by atoms with E-state index in [0.717, 1.165) is 23.9 Å². The smallest absolute Gasteiger partial charge is 0.249 e. The van der Waals surface area contributed by atoms with Crippen LogP contribution in [0.4, 0.5) is 0 Å². The number of nitrogens with one attached hydrogen (secondary N) is 1. The van der Waals surface area contributed by atoms with E-state index in [1.807, 2.05) is 28.8 Å². The molecule has 0 bridgehead atoms. The molecule has 1 aliphatic rings. The molecule has 1 aliphatic heterocycles. The maximum Gasteiger partial charge on any atom is 0.249 e. The van der Waals surface area contributed by atoms with Crippen molar-refractivity contribution in [3.63, 3.8) is 0 Å². The Kier molecular flexibility index (Phi) is 5.41. The van der Waals surface area contributed by atoms with Crippen LogP contribution in [0.2, 0.25) is 5.02 Å². The van der Waals surface area contributed by atoms with E-state index in [0.29, 0.717) is 23.0 Å². The molecule has 1 saturated heterocycles. The minimum Gasteiger partial charge on any atom is -0.368 e. The molecule has 0 saturated carbocycles. The number of ether oxygens (including phenoxy) is 1. The monoisotopic (exact) mass is 397 g/mol. The Morgan fingerprint density at radius 1 is 1.18 bits per heavy atom. The van der Waals surface area contributed by atoms with Crippen molar-refractivity contribution < 1.29 is 14.3 Å². The van der Waals surface area contributed by atoms with Gasteiger partial charge in [-0.2, -0.15) is 0 Å². The molecule has 1 fully saturated rings. The first kappa shape index (κ1) is 18.7. The van der Waals surface area contributed by atoms with Gasteiger partial charge in [0.2, 0.25) is 5.91 Å². The minimum atomic E-state index is -0.395. The van der Waals surface area contributed by atoms with E-state index in [1.165, 1.54) is 0 Å². The molecular weight excluding hydrogens is 378 g/mol. The van der Waals surface area contributed by atoms with Gasteiger partial charge in [0.25, 0.3) is 0 Å². The number of imidazole rings is 1. The quantitative estimate of drug-likeness (QED) is 0.647. The van der Waals surface area contributed by atoms with Gasteiger partial charge in [-0.15, -0.1) is 0 Å². The SMILES string of the molecule is O=C(Cn1c(CNC(=O)C2CCCO2)nc2ccccc21)c1ccc(Cl)cc1. The zero-order chi connectivity index (χ0) is 19.5. The molecule has 0 radical (unpaired) electrons. The molecule has 1 amide bonds. The Labute approximate surface area is 167 Å². The van der Waals surface area contributed by atoms with Crippen LogP contribution in [0.3, 0.4) is 0 Å². The third-order valence-electron chi connectivity index (χ3n) is 4.84. The summed E-state index contributed by atoms with van der Waals surface area (Å²) < 4.78 is 7.27. The summed E-state index contributed by atoms with van der Waals surface area (Å²) in [4.78, 5) is 29.6. The number of aromatic nitrogens is 2. The summed E-state index contributed by atoms with van der Waals surface area (Å²) in [5.74, 6) is 0.446. The normalized spacial score (nSPS) is 16.4. The van der Waals surface area contributed by atoms with Crippen LogP contribution in [-0.2, 0) is 22.6 Å². The van der Waals surface area contributed by atoms with Crippen molar-refractivity contribution >= 4 is 34.3 Å². The van der Waals surface area contributed by atoms with Gasteiger partial charge >= 0.3 is 0 Å². The third kappa shape index (κ3) is 3.93. The highest BCUT2D eigenvalue weighted by Crippen LogP contribution is 2.18. The van der Waals surface area contributed by atoms with Crippen molar-refractivity contribution in [2.45, 2.75) is 32.0 Å². The largest absolute Gasteiger partial charge is 0.368 e. The molecule has 1 atom stereocenters. The van der Waals surface area contributed by atoms with Crippen molar-refractivity contribution in [3.8, 4) is 0 Å². The maximum atomic E-state index is 12.8. The van der Waals surface area contributed by atoms with Gasteiger partial charge in [0, 0.05) is 17.2 Å². The van der Waals surface area contributed by atoms with E-state index >= 15 is 0 Å². The zero-order valence-corrected chi connectivity index (χ0v) is 16.0. The van der Waals surface area contributed by atoms with Crippen molar-refractivity contribution in [1.29, 1.82) is 0 Å². The summed E-state index contributed by atoms with van der Waals surface area (Å²) in [5.41, 5.74) is 2.22. The number of para-hydroxylation sites is 2.